The van der Waals surface area contributed by atoms with E-state index in [0.717, 1.165) is 32.5 Å². The van der Waals surface area contributed by atoms with Gasteiger partial charge >= 0.3 is 5.97 Å². The Kier molecular flexibility index (Phi) is 4.62. The van der Waals surface area contributed by atoms with Gasteiger partial charge in [-0.15, -0.1) is 0 Å². The highest BCUT2D eigenvalue weighted by Crippen LogP contribution is 2.22. The molecule has 1 aromatic carbocycles. The van der Waals surface area contributed by atoms with E-state index in [2.05, 4.69) is 22.0 Å². The third-order valence-electron chi connectivity index (χ3n) is 4.12. The van der Waals surface area contributed by atoms with Crippen LogP contribution in [0.25, 0.3) is 0 Å². The number of nitrogens with one attached hydrogen (secondary N) is 1. The second-order valence-corrected chi connectivity index (χ2v) is 5.77. The number of nitrogens with zero attached hydrogens (tertiary/aromatic N) is 2. The van der Waals surface area contributed by atoms with E-state index in [4.69, 9.17) is 9.84 Å². The Bertz CT molecular complexity index is 665. The Morgan fingerprint density at radius 2 is 2.17 bits per heavy atom. The quantitative estimate of drug-likeness (QED) is 0.852. The maximum Gasteiger partial charge on any atom is 0.341 e. The number of hydrogen-bond donors (Lipinski definition) is 2. The number of carboxylic acids is 1. The molecule has 6 nitrogen and oxygen atoms in total. The lowest BCUT2D eigenvalue weighted by molar-refractivity contribution is -0.139. The number of aromatic amines is 1. The van der Waals surface area contributed by atoms with Gasteiger partial charge in [0.2, 0.25) is 0 Å². The summed E-state index contributed by atoms with van der Waals surface area (Å²) in [5, 5.41) is 16.2. The number of carbonyl (C=O) groups is 1. The van der Waals surface area contributed by atoms with Crippen molar-refractivity contribution in [2.45, 2.75) is 32.9 Å². The standard InChI is InChI=1S/C17H21N3O3/c1-2-15-14-10-20(8-7-16(14)19-18-15)9-12-3-5-13(6-4-12)23-11-17(21)22/h3-6H,2,7-11H2,1H3,(H,18,19)(H,21,22). The van der Waals surface area contributed by atoms with Gasteiger partial charge in [0.25, 0.3) is 0 Å². The predicted molar refractivity (Wildman–Crippen MR) is 85.4 cm³/mol. The summed E-state index contributed by atoms with van der Waals surface area (Å²) in [7, 11) is 0. The number of carboxylic acid groups (broad SMARTS) is 1. The minimum atomic E-state index is -0.968. The van der Waals surface area contributed by atoms with Crippen LogP contribution in [-0.4, -0.2) is 39.3 Å². The molecule has 0 saturated heterocycles. The van der Waals surface area contributed by atoms with E-state index in [-0.39, 0.29) is 6.61 Å². The number of fused-ring (bicyclic) bond motifs is 1. The topological polar surface area (TPSA) is 78.5 Å². The molecule has 0 radical (unpaired) electrons. The summed E-state index contributed by atoms with van der Waals surface area (Å²) >= 11 is 0. The van der Waals surface area contributed by atoms with Crippen molar-refractivity contribution in [3.05, 3.63) is 46.8 Å². The smallest absolute Gasteiger partial charge is 0.341 e. The number of benzene rings is 1. The molecule has 2 N–H and O–H groups in total. The number of hydrogen-bond acceptors (Lipinski definition) is 4. The number of rotatable bonds is 6. The van der Waals surface area contributed by atoms with Crippen molar-refractivity contribution >= 4 is 5.97 Å². The molecule has 0 aliphatic carbocycles. The van der Waals surface area contributed by atoms with Crippen LogP contribution in [0.2, 0.25) is 0 Å². The molecular formula is C17H21N3O3. The summed E-state index contributed by atoms with van der Waals surface area (Å²) in [4.78, 5) is 12.9. The third kappa shape index (κ3) is 3.71. The number of ether oxygens (including phenoxy) is 1. The maximum atomic E-state index is 10.5. The number of aliphatic carboxylic acids is 1. The lowest BCUT2D eigenvalue weighted by Gasteiger charge is -2.27. The van der Waals surface area contributed by atoms with E-state index in [9.17, 15) is 4.79 Å². The van der Waals surface area contributed by atoms with E-state index in [1.165, 1.54) is 22.5 Å². The van der Waals surface area contributed by atoms with Gasteiger partial charge in [-0.1, -0.05) is 19.1 Å². The highest BCUT2D eigenvalue weighted by Gasteiger charge is 2.21. The van der Waals surface area contributed by atoms with Crippen LogP contribution in [0, 0.1) is 0 Å². The van der Waals surface area contributed by atoms with Crippen LogP contribution in [-0.2, 0) is 30.7 Å². The average molecular weight is 315 g/mol. The molecule has 3 rings (SSSR count). The molecule has 1 aliphatic heterocycles. The largest absolute Gasteiger partial charge is 0.482 e. The van der Waals surface area contributed by atoms with Gasteiger partial charge in [-0.2, -0.15) is 5.10 Å². The zero-order valence-corrected chi connectivity index (χ0v) is 13.2. The van der Waals surface area contributed by atoms with Gasteiger partial charge in [0.15, 0.2) is 6.61 Å². The average Bonchev–Trinajstić information content (AvgIpc) is 2.96. The van der Waals surface area contributed by atoms with Crippen LogP contribution in [0.3, 0.4) is 0 Å². The second kappa shape index (κ2) is 6.83. The first-order chi connectivity index (χ1) is 11.2. The van der Waals surface area contributed by atoms with Crippen molar-refractivity contribution in [3.63, 3.8) is 0 Å². The third-order valence-corrected chi connectivity index (χ3v) is 4.12. The van der Waals surface area contributed by atoms with Crippen molar-refractivity contribution in [1.29, 1.82) is 0 Å². The van der Waals surface area contributed by atoms with Crippen LogP contribution in [0.1, 0.15) is 29.4 Å². The van der Waals surface area contributed by atoms with Crippen LogP contribution in [0.4, 0.5) is 0 Å². The first kappa shape index (κ1) is 15.6. The van der Waals surface area contributed by atoms with Crippen LogP contribution in [0.15, 0.2) is 24.3 Å². The Balaban J connectivity index is 1.60. The van der Waals surface area contributed by atoms with Gasteiger partial charge in [0.05, 0.1) is 5.69 Å². The molecule has 0 saturated carbocycles. The highest BCUT2D eigenvalue weighted by molar-refractivity contribution is 5.68. The van der Waals surface area contributed by atoms with Gasteiger partial charge in [0.1, 0.15) is 5.75 Å². The molecule has 0 atom stereocenters. The molecule has 1 aromatic heterocycles. The SMILES string of the molecule is CCc1n[nH]c2c1CN(Cc1ccc(OCC(=O)O)cc1)CC2. The summed E-state index contributed by atoms with van der Waals surface area (Å²) in [6.45, 7) is 4.62. The van der Waals surface area contributed by atoms with E-state index in [1.807, 2.05) is 24.3 Å². The maximum absolute atomic E-state index is 10.5. The summed E-state index contributed by atoms with van der Waals surface area (Å²) in [5.41, 5.74) is 4.98. The molecule has 122 valence electrons. The first-order valence-electron chi connectivity index (χ1n) is 7.86. The molecule has 0 spiro atoms. The number of aryl methyl sites for hydroxylation is 1. The lowest BCUT2D eigenvalue weighted by atomic mass is 10.0. The van der Waals surface area contributed by atoms with Gasteiger partial charge in [-0.05, 0) is 24.1 Å². The highest BCUT2D eigenvalue weighted by atomic mass is 16.5. The predicted octanol–water partition coefficient (Wildman–Crippen LogP) is 1.99. The Morgan fingerprint density at radius 3 is 2.87 bits per heavy atom. The van der Waals surface area contributed by atoms with Gasteiger partial charge in [0, 0.05) is 37.3 Å². The van der Waals surface area contributed by atoms with Gasteiger partial charge in [-0.25, -0.2) is 4.79 Å². The summed E-state index contributed by atoms with van der Waals surface area (Å²) < 4.78 is 5.15. The van der Waals surface area contributed by atoms with E-state index < -0.39 is 5.97 Å². The molecule has 0 unspecified atom stereocenters. The first-order valence-corrected chi connectivity index (χ1v) is 7.86. The zero-order valence-electron chi connectivity index (χ0n) is 13.2. The number of H-pyrrole nitrogens is 1. The number of aromatic nitrogens is 2. The Hall–Kier alpha value is -2.34. The Labute approximate surface area is 135 Å². The van der Waals surface area contributed by atoms with Crippen LogP contribution < -0.4 is 4.74 Å². The van der Waals surface area contributed by atoms with Gasteiger partial charge in [-0.3, -0.25) is 10.00 Å². The lowest BCUT2D eigenvalue weighted by Crippen LogP contribution is -2.30. The Morgan fingerprint density at radius 1 is 1.39 bits per heavy atom. The van der Waals surface area contributed by atoms with Crippen molar-refractivity contribution in [2.24, 2.45) is 0 Å². The van der Waals surface area contributed by atoms with Gasteiger partial charge < -0.3 is 9.84 Å². The second-order valence-electron chi connectivity index (χ2n) is 5.77. The zero-order chi connectivity index (χ0) is 16.2. The van der Waals surface area contributed by atoms with Crippen molar-refractivity contribution in [2.75, 3.05) is 13.2 Å². The minimum absolute atomic E-state index is 0.311. The molecule has 0 fully saturated rings. The molecule has 0 amide bonds. The van der Waals surface area contributed by atoms with Crippen molar-refractivity contribution in [3.8, 4) is 5.75 Å². The van der Waals surface area contributed by atoms with E-state index in [1.54, 1.807) is 0 Å². The monoisotopic (exact) mass is 315 g/mol. The summed E-state index contributed by atoms with van der Waals surface area (Å²) in [6, 6.07) is 7.62. The van der Waals surface area contributed by atoms with Crippen molar-refractivity contribution in [1.82, 2.24) is 15.1 Å². The minimum Gasteiger partial charge on any atom is -0.482 e. The molecule has 1 aliphatic rings. The van der Waals surface area contributed by atoms with Crippen LogP contribution >= 0.6 is 0 Å². The molecular weight excluding hydrogens is 294 g/mol. The van der Waals surface area contributed by atoms with Crippen molar-refractivity contribution < 1.29 is 14.6 Å². The molecule has 0 bridgehead atoms. The normalized spacial score (nSPS) is 14.5. The van der Waals surface area contributed by atoms with Crippen LogP contribution in [0.5, 0.6) is 5.75 Å². The summed E-state index contributed by atoms with van der Waals surface area (Å²) in [6.07, 6.45) is 1.96. The van der Waals surface area contributed by atoms with E-state index in [0.29, 0.717) is 5.75 Å². The molecule has 6 heteroatoms. The fourth-order valence-electron chi connectivity index (χ4n) is 2.93. The summed E-state index contributed by atoms with van der Waals surface area (Å²) in [5.74, 6) is -0.384. The van der Waals surface area contributed by atoms with E-state index >= 15 is 0 Å². The fraction of sp³-hybridized carbons (Fsp3) is 0.412. The molecule has 23 heavy (non-hydrogen) atoms. The fourth-order valence-corrected chi connectivity index (χ4v) is 2.93. The molecule has 2 aromatic rings. The molecule has 2 heterocycles.